The van der Waals surface area contributed by atoms with Crippen molar-refractivity contribution in [3.8, 4) is 0 Å². The lowest BCUT2D eigenvalue weighted by molar-refractivity contribution is -0.0958. The van der Waals surface area contributed by atoms with E-state index < -0.39 is 5.60 Å². The van der Waals surface area contributed by atoms with Crippen LogP contribution < -0.4 is 0 Å². The van der Waals surface area contributed by atoms with Crippen molar-refractivity contribution in [3.05, 3.63) is 35.4 Å². The molecule has 1 amide bonds. The molecule has 2 fully saturated rings. The monoisotopic (exact) mass is 231 g/mol. The van der Waals surface area contributed by atoms with E-state index >= 15 is 0 Å². The standard InChI is InChI=1S/C14H17NO2/c1-10-2-4-11(5-3-10)13(16)15-8-14(17,9-15)12-6-7-12/h2-5,12,17H,6-9H2,1H3. The number of hydrogen-bond acceptors (Lipinski definition) is 2. The fourth-order valence-corrected chi connectivity index (χ4v) is 2.52. The molecule has 90 valence electrons. The van der Waals surface area contributed by atoms with Crippen LogP contribution in [0.2, 0.25) is 0 Å². The molecule has 0 unspecified atom stereocenters. The summed E-state index contributed by atoms with van der Waals surface area (Å²) in [7, 11) is 0. The molecule has 1 N–H and O–H groups in total. The summed E-state index contributed by atoms with van der Waals surface area (Å²) in [6.07, 6.45) is 2.23. The molecule has 3 rings (SSSR count). The van der Waals surface area contributed by atoms with Crippen molar-refractivity contribution in [2.24, 2.45) is 5.92 Å². The molecule has 0 spiro atoms. The number of hydrogen-bond donors (Lipinski definition) is 1. The fraction of sp³-hybridized carbons (Fsp3) is 0.500. The van der Waals surface area contributed by atoms with E-state index in [1.807, 2.05) is 31.2 Å². The molecule has 17 heavy (non-hydrogen) atoms. The number of aryl methyl sites for hydroxylation is 1. The minimum atomic E-state index is -0.583. The highest BCUT2D eigenvalue weighted by atomic mass is 16.3. The molecule has 1 saturated heterocycles. The summed E-state index contributed by atoms with van der Waals surface area (Å²) < 4.78 is 0. The maximum Gasteiger partial charge on any atom is 0.254 e. The molecule has 1 aliphatic carbocycles. The lowest BCUT2D eigenvalue weighted by atomic mass is 9.88. The number of nitrogens with zero attached hydrogens (tertiary/aromatic N) is 1. The Morgan fingerprint density at radius 3 is 2.41 bits per heavy atom. The van der Waals surface area contributed by atoms with Gasteiger partial charge in [0, 0.05) is 5.56 Å². The molecule has 1 aliphatic heterocycles. The maximum absolute atomic E-state index is 12.1. The quantitative estimate of drug-likeness (QED) is 0.839. The van der Waals surface area contributed by atoms with Gasteiger partial charge in [-0.25, -0.2) is 0 Å². The third kappa shape index (κ3) is 1.84. The first kappa shape index (κ1) is 10.8. The molecule has 3 nitrogen and oxygen atoms in total. The molecule has 0 aromatic heterocycles. The Balaban J connectivity index is 1.66. The Morgan fingerprint density at radius 2 is 1.88 bits per heavy atom. The minimum absolute atomic E-state index is 0.0373. The van der Waals surface area contributed by atoms with Crippen LogP contribution in [0.15, 0.2) is 24.3 Å². The highest BCUT2D eigenvalue weighted by molar-refractivity contribution is 5.95. The van der Waals surface area contributed by atoms with Gasteiger partial charge < -0.3 is 10.0 Å². The lowest BCUT2D eigenvalue weighted by Gasteiger charge is -2.47. The smallest absolute Gasteiger partial charge is 0.254 e. The van der Waals surface area contributed by atoms with Crippen molar-refractivity contribution in [2.75, 3.05) is 13.1 Å². The number of rotatable bonds is 2. The van der Waals surface area contributed by atoms with Crippen LogP contribution in [0.25, 0.3) is 0 Å². The van der Waals surface area contributed by atoms with Crippen LogP contribution in [-0.4, -0.2) is 34.6 Å². The van der Waals surface area contributed by atoms with Crippen molar-refractivity contribution in [3.63, 3.8) is 0 Å². The third-order valence-corrected chi connectivity index (χ3v) is 3.85. The predicted molar refractivity (Wildman–Crippen MR) is 64.8 cm³/mol. The summed E-state index contributed by atoms with van der Waals surface area (Å²) in [5.41, 5.74) is 1.29. The fourth-order valence-electron chi connectivity index (χ4n) is 2.52. The van der Waals surface area contributed by atoms with E-state index in [9.17, 15) is 9.90 Å². The summed E-state index contributed by atoms with van der Waals surface area (Å²) >= 11 is 0. The number of amides is 1. The van der Waals surface area contributed by atoms with Gasteiger partial charge in [-0.3, -0.25) is 4.79 Å². The number of aliphatic hydroxyl groups is 1. The van der Waals surface area contributed by atoms with Crippen LogP contribution in [-0.2, 0) is 0 Å². The molecular formula is C14H17NO2. The number of β-amino-alcohol motifs (C(OH)–C–C–N with tert-alkyl or cyclic N) is 1. The largest absolute Gasteiger partial charge is 0.386 e. The Labute approximate surface area is 101 Å². The highest BCUT2D eigenvalue weighted by Gasteiger charge is 2.53. The number of carbonyl (C=O) groups is 1. The van der Waals surface area contributed by atoms with E-state index in [0.717, 1.165) is 18.4 Å². The number of benzene rings is 1. The van der Waals surface area contributed by atoms with Gasteiger partial charge in [0.25, 0.3) is 5.91 Å². The van der Waals surface area contributed by atoms with E-state index in [2.05, 4.69) is 0 Å². The Kier molecular flexibility index (Phi) is 2.26. The summed E-state index contributed by atoms with van der Waals surface area (Å²) in [5.74, 6) is 0.472. The number of carbonyl (C=O) groups excluding carboxylic acids is 1. The molecule has 1 heterocycles. The van der Waals surface area contributed by atoms with Crippen molar-refractivity contribution >= 4 is 5.91 Å². The molecule has 2 aliphatic rings. The van der Waals surface area contributed by atoms with Gasteiger partial charge in [0.2, 0.25) is 0 Å². The Hall–Kier alpha value is -1.35. The molecule has 1 aromatic rings. The average Bonchev–Trinajstić information content (AvgIpc) is 3.09. The Bertz CT molecular complexity index is 442. The van der Waals surface area contributed by atoms with Crippen molar-refractivity contribution < 1.29 is 9.90 Å². The molecule has 3 heteroatoms. The summed E-state index contributed by atoms with van der Waals surface area (Å²) in [6.45, 7) is 3.01. The molecule has 0 atom stereocenters. The van der Waals surface area contributed by atoms with Crippen molar-refractivity contribution in [2.45, 2.75) is 25.4 Å². The second-order valence-electron chi connectivity index (χ2n) is 5.41. The van der Waals surface area contributed by atoms with Gasteiger partial charge >= 0.3 is 0 Å². The van der Waals surface area contributed by atoms with E-state index in [-0.39, 0.29) is 5.91 Å². The van der Waals surface area contributed by atoms with Crippen LogP contribution in [0.4, 0.5) is 0 Å². The van der Waals surface area contributed by atoms with Gasteiger partial charge in [-0.15, -0.1) is 0 Å². The third-order valence-electron chi connectivity index (χ3n) is 3.85. The van der Waals surface area contributed by atoms with Crippen LogP contribution >= 0.6 is 0 Å². The van der Waals surface area contributed by atoms with E-state index in [4.69, 9.17) is 0 Å². The first-order chi connectivity index (χ1) is 8.08. The van der Waals surface area contributed by atoms with Gasteiger partial charge in [-0.1, -0.05) is 17.7 Å². The zero-order valence-electron chi connectivity index (χ0n) is 10.0. The highest BCUT2D eigenvalue weighted by Crippen LogP contribution is 2.44. The van der Waals surface area contributed by atoms with Crippen LogP contribution in [0.1, 0.15) is 28.8 Å². The van der Waals surface area contributed by atoms with Gasteiger partial charge in [0.05, 0.1) is 13.1 Å². The topological polar surface area (TPSA) is 40.5 Å². The molecular weight excluding hydrogens is 214 g/mol. The number of likely N-dealkylation sites (tertiary alicyclic amines) is 1. The summed E-state index contributed by atoms with van der Waals surface area (Å²) in [6, 6.07) is 7.60. The average molecular weight is 231 g/mol. The minimum Gasteiger partial charge on any atom is -0.386 e. The van der Waals surface area contributed by atoms with E-state index in [1.165, 1.54) is 0 Å². The lowest BCUT2D eigenvalue weighted by Crippen LogP contribution is -2.64. The van der Waals surface area contributed by atoms with Crippen molar-refractivity contribution in [1.82, 2.24) is 4.90 Å². The van der Waals surface area contributed by atoms with Crippen LogP contribution in [0.3, 0.4) is 0 Å². The Morgan fingerprint density at radius 1 is 1.29 bits per heavy atom. The van der Waals surface area contributed by atoms with Crippen LogP contribution in [0, 0.1) is 12.8 Å². The van der Waals surface area contributed by atoms with E-state index in [1.54, 1.807) is 4.90 Å². The van der Waals surface area contributed by atoms with Gasteiger partial charge in [-0.2, -0.15) is 0 Å². The second-order valence-corrected chi connectivity index (χ2v) is 5.41. The van der Waals surface area contributed by atoms with Gasteiger partial charge in [-0.05, 0) is 37.8 Å². The molecule has 0 bridgehead atoms. The first-order valence-electron chi connectivity index (χ1n) is 6.17. The van der Waals surface area contributed by atoms with E-state index in [0.29, 0.717) is 24.6 Å². The van der Waals surface area contributed by atoms with Crippen molar-refractivity contribution in [1.29, 1.82) is 0 Å². The first-order valence-corrected chi connectivity index (χ1v) is 6.17. The van der Waals surface area contributed by atoms with Gasteiger partial charge in [0.1, 0.15) is 5.60 Å². The molecule has 1 saturated carbocycles. The normalized spacial score (nSPS) is 22.1. The molecule has 1 aromatic carbocycles. The summed E-state index contributed by atoms with van der Waals surface area (Å²) in [5, 5.41) is 10.2. The SMILES string of the molecule is Cc1ccc(C(=O)N2CC(O)(C3CC3)C2)cc1. The second kappa shape index (κ2) is 3.57. The van der Waals surface area contributed by atoms with Crippen LogP contribution in [0.5, 0.6) is 0 Å². The maximum atomic E-state index is 12.1. The predicted octanol–water partition coefficient (Wildman–Crippen LogP) is 1.59. The zero-order chi connectivity index (χ0) is 12.0. The zero-order valence-corrected chi connectivity index (χ0v) is 10.0. The summed E-state index contributed by atoms with van der Waals surface area (Å²) in [4.78, 5) is 13.8. The van der Waals surface area contributed by atoms with Gasteiger partial charge in [0.15, 0.2) is 0 Å². The molecule has 0 radical (unpaired) electrons.